The largest absolute Gasteiger partial charge is 0.462 e. The van der Waals surface area contributed by atoms with Crippen molar-refractivity contribution < 1.29 is 14.3 Å². The van der Waals surface area contributed by atoms with Gasteiger partial charge in [0, 0.05) is 10.9 Å². The molecule has 0 fully saturated rings. The maximum absolute atomic E-state index is 12.6. The zero-order valence-corrected chi connectivity index (χ0v) is 18.7. The third-order valence-electron chi connectivity index (χ3n) is 4.56. The van der Waals surface area contributed by atoms with Gasteiger partial charge in [0.25, 0.3) is 0 Å². The number of amides is 1. The molecule has 0 atom stereocenters. The van der Waals surface area contributed by atoms with Gasteiger partial charge in [-0.05, 0) is 37.1 Å². The maximum atomic E-state index is 12.6. The Hall–Kier alpha value is -3.10. The van der Waals surface area contributed by atoms with Gasteiger partial charge in [0.05, 0.1) is 23.4 Å². The fourth-order valence-corrected chi connectivity index (χ4v) is 4.81. The molecule has 4 aromatic rings. The molecular weight excluding hydrogens is 430 g/mol. The standard InChI is InChI=1S/C23H21N3O3S2/c1-3-29-22(28)20-16(15-7-5-4-6-8-15)12-30-21(20)26-19(27)13-31-23-24-17-10-9-14(2)11-18(17)25-23/h4-12H,3,13H2,1-2H3,(H,24,25)(H,26,27). The summed E-state index contributed by atoms with van der Waals surface area (Å²) in [5, 5.41) is 5.90. The first kappa shape index (κ1) is 21.1. The Labute approximate surface area is 188 Å². The van der Waals surface area contributed by atoms with E-state index in [4.69, 9.17) is 4.74 Å². The van der Waals surface area contributed by atoms with E-state index >= 15 is 0 Å². The number of aromatic amines is 1. The average molecular weight is 452 g/mol. The topological polar surface area (TPSA) is 84.1 Å². The fraction of sp³-hybridized carbons (Fsp3) is 0.174. The highest BCUT2D eigenvalue weighted by molar-refractivity contribution is 7.99. The second-order valence-corrected chi connectivity index (χ2v) is 8.68. The first-order valence-electron chi connectivity index (χ1n) is 9.78. The summed E-state index contributed by atoms with van der Waals surface area (Å²) in [6.45, 7) is 4.04. The van der Waals surface area contributed by atoms with Crippen LogP contribution in [0.3, 0.4) is 0 Å². The number of aryl methyl sites for hydroxylation is 1. The lowest BCUT2D eigenvalue weighted by atomic mass is 10.0. The van der Waals surface area contributed by atoms with Gasteiger partial charge in [-0.2, -0.15) is 0 Å². The van der Waals surface area contributed by atoms with E-state index in [1.165, 1.54) is 23.1 Å². The molecule has 0 saturated heterocycles. The Morgan fingerprint density at radius 1 is 1.19 bits per heavy atom. The minimum absolute atomic E-state index is 0.166. The molecule has 6 nitrogen and oxygen atoms in total. The number of thiophene rings is 1. The van der Waals surface area contributed by atoms with E-state index in [1.807, 2.05) is 60.8 Å². The monoisotopic (exact) mass is 451 g/mol. The number of hydrogen-bond acceptors (Lipinski definition) is 6. The number of esters is 1. The highest BCUT2D eigenvalue weighted by atomic mass is 32.2. The molecule has 8 heteroatoms. The summed E-state index contributed by atoms with van der Waals surface area (Å²) < 4.78 is 5.24. The van der Waals surface area contributed by atoms with Crippen LogP contribution in [0.25, 0.3) is 22.2 Å². The van der Waals surface area contributed by atoms with Crippen molar-refractivity contribution in [3.05, 3.63) is 65.0 Å². The third-order valence-corrected chi connectivity index (χ3v) is 6.33. The van der Waals surface area contributed by atoms with Gasteiger partial charge in [-0.25, -0.2) is 9.78 Å². The number of hydrogen-bond donors (Lipinski definition) is 2. The summed E-state index contributed by atoms with van der Waals surface area (Å²) >= 11 is 2.63. The number of carbonyl (C=O) groups is 2. The highest BCUT2D eigenvalue weighted by Crippen LogP contribution is 2.36. The van der Waals surface area contributed by atoms with Crippen LogP contribution in [0.5, 0.6) is 0 Å². The van der Waals surface area contributed by atoms with E-state index in [0.29, 0.717) is 15.7 Å². The fourth-order valence-electron chi connectivity index (χ4n) is 3.15. The summed E-state index contributed by atoms with van der Waals surface area (Å²) in [5.41, 5.74) is 4.98. The molecule has 0 spiro atoms. The summed E-state index contributed by atoms with van der Waals surface area (Å²) in [4.78, 5) is 33.0. The molecule has 0 aliphatic rings. The van der Waals surface area contributed by atoms with Crippen LogP contribution in [0.4, 0.5) is 5.00 Å². The molecule has 31 heavy (non-hydrogen) atoms. The summed E-state index contributed by atoms with van der Waals surface area (Å²) in [6.07, 6.45) is 0. The number of imidazole rings is 1. The zero-order valence-electron chi connectivity index (χ0n) is 17.1. The molecule has 0 bridgehead atoms. The number of fused-ring (bicyclic) bond motifs is 1. The molecule has 4 rings (SSSR count). The lowest BCUT2D eigenvalue weighted by Crippen LogP contribution is -2.16. The molecular formula is C23H21N3O3S2. The molecule has 2 N–H and O–H groups in total. The number of H-pyrrole nitrogens is 1. The highest BCUT2D eigenvalue weighted by Gasteiger charge is 2.22. The van der Waals surface area contributed by atoms with Crippen LogP contribution in [0.1, 0.15) is 22.8 Å². The molecule has 2 aromatic carbocycles. The lowest BCUT2D eigenvalue weighted by Gasteiger charge is -2.08. The number of ether oxygens (including phenoxy) is 1. The quantitative estimate of drug-likeness (QED) is 0.286. The Balaban J connectivity index is 1.50. The Morgan fingerprint density at radius 2 is 2.00 bits per heavy atom. The molecule has 0 radical (unpaired) electrons. The number of carbonyl (C=O) groups excluding carboxylic acids is 2. The van der Waals surface area contributed by atoms with E-state index in [2.05, 4.69) is 15.3 Å². The van der Waals surface area contributed by atoms with Crippen LogP contribution >= 0.6 is 23.1 Å². The first-order valence-corrected chi connectivity index (χ1v) is 11.6. The van der Waals surface area contributed by atoms with Crippen molar-refractivity contribution in [2.75, 3.05) is 17.7 Å². The van der Waals surface area contributed by atoms with Crippen LogP contribution in [-0.2, 0) is 9.53 Å². The summed E-state index contributed by atoms with van der Waals surface area (Å²) in [5.74, 6) is -0.494. The average Bonchev–Trinajstić information content (AvgIpc) is 3.36. The van der Waals surface area contributed by atoms with Gasteiger partial charge in [0.2, 0.25) is 5.91 Å². The predicted octanol–water partition coefficient (Wildman–Crippen LogP) is 5.51. The molecule has 2 aromatic heterocycles. The van der Waals surface area contributed by atoms with Gasteiger partial charge < -0.3 is 15.0 Å². The minimum atomic E-state index is -0.446. The van der Waals surface area contributed by atoms with Gasteiger partial charge in [-0.3, -0.25) is 4.79 Å². The normalized spacial score (nSPS) is 10.9. The molecule has 0 unspecified atom stereocenters. The number of anilines is 1. The second-order valence-electron chi connectivity index (χ2n) is 6.84. The predicted molar refractivity (Wildman–Crippen MR) is 126 cm³/mol. The number of nitrogens with one attached hydrogen (secondary N) is 2. The van der Waals surface area contributed by atoms with Crippen molar-refractivity contribution in [1.29, 1.82) is 0 Å². The maximum Gasteiger partial charge on any atom is 0.341 e. The van der Waals surface area contributed by atoms with Gasteiger partial charge in [0.1, 0.15) is 10.6 Å². The number of benzene rings is 2. The Kier molecular flexibility index (Phi) is 6.39. The molecule has 0 aliphatic carbocycles. The number of nitrogens with zero attached hydrogens (tertiary/aromatic N) is 1. The van der Waals surface area contributed by atoms with Crippen LogP contribution < -0.4 is 5.32 Å². The van der Waals surface area contributed by atoms with E-state index in [1.54, 1.807) is 6.92 Å². The van der Waals surface area contributed by atoms with Crippen LogP contribution in [0, 0.1) is 6.92 Å². The van der Waals surface area contributed by atoms with Crippen molar-refractivity contribution in [3.63, 3.8) is 0 Å². The van der Waals surface area contributed by atoms with Crippen molar-refractivity contribution in [2.24, 2.45) is 0 Å². The van der Waals surface area contributed by atoms with E-state index in [0.717, 1.165) is 27.7 Å². The van der Waals surface area contributed by atoms with Gasteiger partial charge >= 0.3 is 5.97 Å². The molecule has 0 aliphatic heterocycles. The zero-order chi connectivity index (χ0) is 21.8. The van der Waals surface area contributed by atoms with Crippen LogP contribution in [0.2, 0.25) is 0 Å². The van der Waals surface area contributed by atoms with Crippen molar-refractivity contribution in [2.45, 2.75) is 19.0 Å². The van der Waals surface area contributed by atoms with Crippen molar-refractivity contribution in [3.8, 4) is 11.1 Å². The van der Waals surface area contributed by atoms with E-state index in [-0.39, 0.29) is 18.3 Å². The van der Waals surface area contributed by atoms with Crippen LogP contribution in [-0.4, -0.2) is 34.2 Å². The summed E-state index contributed by atoms with van der Waals surface area (Å²) in [7, 11) is 0. The Morgan fingerprint density at radius 3 is 2.77 bits per heavy atom. The van der Waals surface area contributed by atoms with E-state index in [9.17, 15) is 9.59 Å². The number of rotatable bonds is 7. The summed E-state index contributed by atoms with van der Waals surface area (Å²) in [6, 6.07) is 15.6. The second kappa shape index (κ2) is 9.36. The SMILES string of the molecule is CCOC(=O)c1c(-c2ccccc2)csc1NC(=O)CSc1nc2ccc(C)cc2[nH]1. The van der Waals surface area contributed by atoms with Gasteiger partial charge in [-0.1, -0.05) is 48.2 Å². The van der Waals surface area contributed by atoms with Gasteiger partial charge in [0.15, 0.2) is 5.16 Å². The number of thioether (sulfide) groups is 1. The number of aromatic nitrogens is 2. The molecule has 2 heterocycles. The van der Waals surface area contributed by atoms with Crippen LogP contribution in [0.15, 0.2) is 59.1 Å². The molecule has 0 saturated carbocycles. The van der Waals surface area contributed by atoms with Gasteiger partial charge in [-0.15, -0.1) is 11.3 Å². The smallest absolute Gasteiger partial charge is 0.341 e. The minimum Gasteiger partial charge on any atom is -0.462 e. The first-order chi connectivity index (χ1) is 15.0. The lowest BCUT2D eigenvalue weighted by molar-refractivity contribution is -0.113. The van der Waals surface area contributed by atoms with Crippen molar-refractivity contribution >= 4 is 51.0 Å². The third kappa shape index (κ3) is 4.81. The van der Waals surface area contributed by atoms with Crippen molar-refractivity contribution in [1.82, 2.24) is 9.97 Å². The Bertz CT molecular complexity index is 1230. The van der Waals surface area contributed by atoms with E-state index < -0.39 is 5.97 Å². The molecule has 158 valence electrons. The molecule has 1 amide bonds.